The monoisotopic (exact) mass is 263 g/mol. The molecule has 0 spiro atoms. The molecule has 0 bridgehead atoms. The van der Waals surface area contributed by atoms with E-state index in [0.717, 1.165) is 31.4 Å². The molecule has 1 saturated carbocycles. The van der Waals surface area contributed by atoms with Crippen LogP contribution in [0.15, 0.2) is 24.3 Å². The molecule has 1 N–H and O–H groups in total. The molecule has 2 nitrogen and oxygen atoms in total. The SMILES string of the molecule is CCCC(=N)C1CC(C(=O)c2cccc(Cl)c2)C1. The highest BCUT2D eigenvalue weighted by molar-refractivity contribution is 6.31. The number of hydrogen-bond donors (Lipinski definition) is 1. The lowest BCUT2D eigenvalue weighted by atomic mass is 9.69. The first-order valence-electron chi connectivity index (χ1n) is 6.49. The zero-order chi connectivity index (χ0) is 13.1. The molecule has 0 aromatic heterocycles. The van der Waals surface area contributed by atoms with Crippen molar-refractivity contribution in [3.8, 4) is 0 Å². The molecule has 0 heterocycles. The van der Waals surface area contributed by atoms with E-state index in [4.69, 9.17) is 17.0 Å². The van der Waals surface area contributed by atoms with Crippen molar-refractivity contribution in [2.24, 2.45) is 11.8 Å². The summed E-state index contributed by atoms with van der Waals surface area (Å²) in [7, 11) is 0. The summed E-state index contributed by atoms with van der Waals surface area (Å²) in [5.41, 5.74) is 1.51. The van der Waals surface area contributed by atoms with Crippen molar-refractivity contribution in [2.45, 2.75) is 32.6 Å². The first-order chi connectivity index (χ1) is 8.61. The fourth-order valence-electron chi connectivity index (χ4n) is 2.47. The van der Waals surface area contributed by atoms with E-state index in [1.807, 2.05) is 12.1 Å². The lowest BCUT2D eigenvalue weighted by Crippen LogP contribution is -2.35. The number of carbonyl (C=O) groups is 1. The second-order valence-corrected chi connectivity index (χ2v) is 5.45. The van der Waals surface area contributed by atoms with Gasteiger partial charge >= 0.3 is 0 Å². The molecule has 1 aliphatic rings. The maximum Gasteiger partial charge on any atom is 0.166 e. The fraction of sp³-hybridized carbons (Fsp3) is 0.467. The lowest BCUT2D eigenvalue weighted by Gasteiger charge is -2.34. The highest BCUT2D eigenvalue weighted by Crippen LogP contribution is 2.37. The van der Waals surface area contributed by atoms with Crippen molar-refractivity contribution in [3.63, 3.8) is 0 Å². The summed E-state index contributed by atoms with van der Waals surface area (Å²) in [6.45, 7) is 2.09. The van der Waals surface area contributed by atoms with E-state index < -0.39 is 0 Å². The molecule has 0 aliphatic heterocycles. The summed E-state index contributed by atoms with van der Waals surface area (Å²) in [5, 5.41) is 8.49. The van der Waals surface area contributed by atoms with Gasteiger partial charge in [-0.2, -0.15) is 0 Å². The molecule has 3 heteroatoms. The highest BCUT2D eigenvalue weighted by atomic mass is 35.5. The molecule has 1 aromatic carbocycles. The molecule has 1 aliphatic carbocycles. The van der Waals surface area contributed by atoms with Gasteiger partial charge in [0.25, 0.3) is 0 Å². The number of nitrogens with one attached hydrogen (secondary N) is 1. The highest BCUT2D eigenvalue weighted by Gasteiger charge is 2.36. The van der Waals surface area contributed by atoms with Crippen LogP contribution < -0.4 is 0 Å². The number of Topliss-reactive ketones (excluding diaryl/α,β-unsaturated/α-hetero) is 1. The van der Waals surface area contributed by atoms with Gasteiger partial charge in [-0.3, -0.25) is 4.79 Å². The van der Waals surface area contributed by atoms with Crippen molar-refractivity contribution in [1.29, 1.82) is 5.41 Å². The summed E-state index contributed by atoms with van der Waals surface area (Å²) in [5.74, 6) is 0.599. The predicted molar refractivity (Wildman–Crippen MR) is 74.6 cm³/mol. The number of carbonyl (C=O) groups excluding carboxylic acids is 1. The third-order valence-electron chi connectivity index (χ3n) is 3.63. The van der Waals surface area contributed by atoms with Crippen LogP contribution in [0.4, 0.5) is 0 Å². The van der Waals surface area contributed by atoms with Gasteiger partial charge in [-0.15, -0.1) is 0 Å². The molecule has 0 saturated heterocycles. The van der Waals surface area contributed by atoms with Gasteiger partial charge in [-0.05, 0) is 37.3 Å². The van der Waals surface area contributed by atoms with Crippen molar-refractivity contribution in [1.82, 2.24) is 0 Å². The van der Waals surface area contributed by atoms with E-state index in [-0.39, 0.29) is 11.7 Å². The topological polar surface area (TPSA) is 40.9 Å². The molecule has 0 radical (unpaired) electrons. The van der Waals surface area contributed by atoms with Gasteiger partial charge in [0.05, 0.1) is 0 Å². The van der Waals surface area contributed by atoms with E-state index in [2.05, 4.69) is 6.92 Å². The Hall–Kier alpha value is -1.15. The molecule has 0 amide bonds. The van der Waals surface area contributed by atoms with E-state index in [1.165, 1.54) is 0 Å². The number of rotatable bonds is 5. The molecule has 1 fully saturated rings. The van der Waals surface area contributed by atoms with Crippen molar-refractivity contribution < 1.29 is 4.79 Å². The number of benzene rings is 1. The average Bonchev–Trinajstić information content (AvgIpc) is 2.27. The second-order valence-electron chi connectivity index (χ2n) is 5.02. The zero-order valence-corrected chi connectivity index (χ0v) is 11.3. The minimum absolute atomic E-state index is 0.0886. The van der Waals surface area contributed by atoms with Gasteiger partial charge in [0.2, 0.25) is 0 Å². The van der Waals surface area contributed by atoms with Crippen molar-refractivity contribution in [3.05, 3.63) is 34.9 Å². The maximum absolute atomic E-state index is 12.2. The summed E-state index contributed by atoms with van der Waals surface area (Å²) in [4.78, 5) is 12.2. The molecule has 2 rings (SSSR count). The van der Waals surface area contributed by atoms with Gasteiger partial charge < -0.3 is 5.41 Å². The second kappa shape index (κ2) is 5.66. The van der Waals surface area contributed by atoms with E-state index in [1.54, 1.807) is 12.1 Å². The normalized spacial score (nSPS) is 22.3. The Labute approximate surface area is 113 Å². The number of hydrogen-bond acceptors (Lipinski definition) is 2. The van der Waals surface area contributed by atoms with Crippen LogP contribution in [0.1, 0.15) is 43.0 Å². The van der Waals surface area contributed by atoms with Crippen molar-refractivity contribution in [2.75, 3.05) is 0 Å². The zero-order valence-electron chi connectivity index (χ0n) is 10.6. The molecule has 1 aromatic rings. The Bertz CT molecular complexity index is 463. The van der Waals surface area contributed by atoms with Gasteiger partial charge in [0.15, 0.2) is 5.78 Å². The quantitative estimate of drug-likeness (QED) is 0.622. The lowest BCUT2D eigenvalue weighted by molar-refractivity contribution is 0.0822. The largest absolute Gasteiger partial charge is 0.309 e. The number of ketones is 1. The average molecular weight is 264 g/mol. The summed E-state index contributed by atoms with van der Waals surface area (Å²) >= 11 is 5.89. The molecule has 0 unspecified atom stereocenters. The van der Waals surface area contributed by atoms with E-state index in [0.29, 0.717) is 16.5 Å². The Kier molecular flexibility index (Phi) is 4.18. The molecular formula is C15H18ClNO. The van der Waals surface area contributed by atoms with Crippen LogP contribution in [-0.2, 0) is 0 Å². The minimum atomic E-state index is 0.0886. The van der Waals surface area contributed by atoms with Gasteiger partial charge in [0.1, 0.15) is 0 Å². The van der Waals surface area contributed by atoms with E-state index >= 15 is 0 Å². The third kappa shape index (κ3) is 2.81. The molecule has 96 valence electrons. The first-order valence-corrected chi connectivity index (χ1v) is 6.86. The predicted octanol–water partition coefficient (Wildman–Crippen LogP) is 4.37. The van der Waals surface area contributed by atoms with Crippen LogP contribution in [0.5, 0.6) is 0 Å². The summed E-state index contributed by atoms with van der Waals surface area (Å²) < 4.78 is 0. The van der Waals surface area contributed by atoms with Crippen LogP contribution >= 0.6 is 11.6 Å². The summed E-state index contributed by atoms with van der Waals surface area (Å²) in [6.07, 6.45) is 3.55. The minimum Gasteiger partial charge on any atom is -0.309 e. The van der Waals surface area contributed by atoms with Crippen LogP contribution in [0.3, 0.4) is 0 Å². The van der Waals surface area contributed by atoms with Crippen LogP contribution in [0, 0.1) is 17.2 Å². The molecular weight excluding hydrogens is 246 g/mol. The Balaban J connectivity index is 1.92. The number of halogens is 1. The fourth-order valence-corrected chi connectivity index (χ4v) is 2.66. The molecule has 0 atom stereocenters. The standard InChI is InChI=1S/C15H18ClNO/c1-2-4-14(17)11-7-12(8-11)15(18)10-5-3-6-13(16)9-10/h3,5-6,9,11-12,17H,2,4,7-8H2,1H3. The third-order valence-corrected chi connectivity index (χ3v) is 3.87. The van der Waals surface area contributed by atoms with Crippen LogP contribution in [0.25, 0.3) is 0 Å². The smallest absolute Gasteiger partial charge is 0.166 e. The van der Waals surface area contributed by atoms with Crippen LogP contribution in [0.2, 0.25) is 5.02 Å². The summed E-state index contributed by atoms with van der Waals surface area (Å²) in [6, 6.07) is 7.14. The van der Waals surface area contributed by atoms with Crippen molar-refractivity contribution >= 4 is 23.1 Å². The molecule has 18 heavy (non-hydrogen) atoms. The Morgan fingerprint density at radius 1 is 1.39 bits per heavy atom. The Morgan fingerprint density at radius 3 is 2.72 bits per heavy atom. The van der Waals surface area contributed by atoms with Crippen LogP contribution in [-0.4, -0.2) is 11.5 Å². The first kappa shape index (κ1) is 13.3. The maximum atomic E-state index is 12.2. The van der Waals surface area contributed by atoms with Gasteiger partial charge in [-0.1, -0.05) is 37.1 Å². The van der Waals surface area contributed by atoms with Gasteiger partial charge in [-0.25, -0.2) is 0 Å². The Morgan fingerprint density at radius 2 is 2.11 bits per heavy atom. The van der Waals surface area contributed by atoms with E-state index in [9.17, 15) is 4.79 Å². The van der Waals surface area contributed by atoms with Gasteiger partial charge in [0, 0.05) is 22.2 Å².